The van der Waals surface area contributed by atoms with E-state index in [1.165, 1.54) is 0 Å². The maximum absolute atomic E-state index is 12.2. The highest BCUT2D eigenvalue weighted by Crippen LogP contribution is 2.30. The highest BCUT2D eigenvalue weighted by Gasteiger charge is 2.08. The van der Waals surface area contributed by atoms with E-state index in [9.17, 15) is 8.78 Å². The first-order chi connectivity index (χ1) is 8.58. The Morgan fingerprint density at radius 2 is 1.83 bits per heavy atom. The molecule has 2 N–H and O–H groups in total. The molecule has 2 nitrogen and oxygen atoms in total. The van der Waals surface area contributed by atoms with Crippen LogP contribution in [0.1, 0.15) is 5.56 Å². The van der Waals surface area contributed by atoms with Crippen molar-refractivity contribution in [1.29, 1.82) is 0 Å². The summed E-state index contributed by atoms with van der Waals surface area (Å²) in [6, 6.07) is 8.64. The van der Waals surface area contributed by atoms with Gasteiger partial charge in [0, 0.05) is 16.7 Å². The van der Waals surface area contributed by atoms with E-state index in [0.717, 1.165) is 11.1 Å². The minimum atomic E-state index is -2.40. The second kappa shape index (κ2) is 5.35. The van der Waals surface area contributed by atoms with Gasteiger partial charge in [-0.05, 0) is 30.7 Å². The number of rotatable bonds is 3. The molecule has 0 aliphatic rings. The van der Waals surface area contributed by atoms with Gasteiger partial charge in [0.05, 0.1) is 11.4 Å². The summed E-state index contributed by atoms with van der Waals surface area (Å²) in [6.45, 7) is 1.90. The highest BCUT2D eigenvalue weighted by molar-refractivity contribution is 7.99. The van der Waals surface area contributed by atoms with Crippen molar-refractivity contribution in [3.05, 3.63) is 42.1 Å². The zero-order chi connectivity index (χ0) is 13.1. The zero-order valence-corrected chi connectivity index (χ0v) is 10.5. The summed E-state index contributed by atoms with van der Waals surface area (Å²) in [5, 5.41) is 0. The fraction of sp³-hybridized carbons (Fsp3) is 0.154. The van der Waals surface area contributed by atoms with Crippen molar-refractivity contribution in [3.63, 3.8) is 0 Å². The number of aryl methyl sites for hydroxylation is 1. The van der Waals surface area contributed by atoms with E-state index in [-0.39, 0.29) is 0 Å². The minimum absolute atomic E-state index is 0.525. The van der Waals surface area contributed by atoms with Gasteiger partial charge in [0.1, 0.15) is 0 Å². The van der Waals surface area contributed by atoms with Crippen LogP contribution in [0, 0.1) is 6.92 Å². The molecule has 5 heteroatoms. The van der Waals surface area contributed by atoms with E-state index in [1.807, 2.05) is 13.0 Å². The molecular weight excluding hydrogens is 254 g/mol. The third-order valence-corrected chi connectivity index (χ3v) is 3.28. The van der Waals surface area contributed by atoms with E-state index in [1.54, 1.807) is 30.5 Å². The number of nitrogen functional groups attached to an aromatic ring is 1. The van der Waals surface area contributed by atoms with Gasteiger partial charge in [0.25, 0.3) is 5.76 Å². The van der Waals surface area contributed by atoms with Crippen LogP contribution in [0.2, 0.25) is 0 Å². The van der Waals surface area contributed by atoms with Crippen LogP contribution in [-0.4, -0.2) is 10.7 Å². The van der Waals surface area contributed by atoms with Crippen LogP contribution in [0.15, 0.2) is 41.4 Å². The number of aromatic nitrogens is 1. The molecular formula is C13H12F2N2S. The standard InChI is InChI=1S/C13H12F2N2S/c1-8-6-7-17-12(11(8)16)9-2-4-10(5-3-9)18-13(14)15/h2-7,13H,16H2,1H3. The number of nitrogens with two attached hydrogens (primary N) is 1. The Morgan fingerprint density at radius 1 is 1.17 bits per heavy atom. The second-order valence-electron chi connectivity index (χ2n) is 3.79. The van der Waals surface area contributed by atoms with Crippen molar-refractivity contribution >= 4 is 17.4 Å². The average Bonchev–Trinajstić information content (AvgIpc) is 2.33. The van der Waals surface area contributed by atoms with Crippen molar-refractivity contribution in [1.82, 2.24) is 4.98 Å². The Labute approximate surface area is 108 Å². The molecule has 0 aliphatic carbocycles. The summed E-state index contributed by atoms with van der Waals surface area (Å²) >= 11 is 0.525. The lowest BCUT2D eigenvalue weighted by Crippen LogP contribution is -1.96. The highest BCUT2D eigenvalue weighted by atomic mass is 32.2. The molecule has 0 saturated heterocycles. The first-order valence-corrected chi connectivity index (χ1v) is 6.22. The Morgan fingerprint density at radius 3 is 2.44 bits per heavy atom. The van der Waals surface area contributed by atoms with Gasteiger partial charge < -0.3 is 5.73 Å². The third-order valence-electron chi connectivity index (χ3n) is 2.56. The zero-order valence-electron chi connectivity index (χ0n) is 9.73. The summed E-state index contributed by atoms with van der Waals surface area (Å²) in [7, 11) is 0. The number of nitrogens with zero attached hydrogens (tertiary/aromatic N) is 1. The Hall–Kier alpha value is -1.62. The van der Waals surface area contributed by atoms with Gasteiger partial charge in [-0.1, -0.05) is 23.9 Å². The molecule has 0 bridgehead atoms. The normalized spacial score (nSPS) is 10.9. The van der Waals surface area contributed by atoms with Crippen LogP contribution in [0.5, 0.6) is 0 Å². The number of halogens is 2. The van der Waals surface area contributed by atoms with Crippen LogP contribution in [0.3, 0.4) is 0 Å². The van der Waals surface area contributed by atoms with Gasteiger partial charge in [-0.25, -0.2) is 0 Å². The molecule has 0 atom stereocenters. The molecule has 2 rings (SSSR count). The Bertz CT molecular complexity index is 541. The lowest BCUT2D eigenvalue weighted by atomic mass is 10.1. The molecule has 0 fully saturated rings. The lowest BCUT2D eigenvalue weighted by molar-refractivity contribution is 0.252. The quantitative estimate of drug-likeness (QED) is 0.855. The second-order valence-corrected chi connectivity index (χ2v) is 4.86. The van der Waals surface area contributed by atoms with Gasteiger partial charge in [0.15, 0.2) is 0 Å². The number of hydrogen-bond donors (Lipinski definition) is 1. The predicted molar refractivity (Wildman–Crippen MR) is 70.7 cm³/mol. The summed E-state index contributed by atoms with van der Waals surface area (Å²) in [5.41, 5.74) is 9.03. The lowest BCUT2D eigenvalue weighted by Gasteiger charge is -2.08. The van der Waals surface area contributed by atoms with Crippen molar-refractivity contribution in [3.8, 4) is 11.3 Å². The van der Waals surface area contributed by atoms with E-state index in [0.29, 0.717) is 28.0 Å². The Balaban J connectivity index is 2.32. The largest absolute Gasteiger partial charge is 0.397 e. The SMILES string of the molecule is Cc1ccnc(-c2ccc(SC(F)F)cc2)c1N. The molecule has 1 aromatic heterocycles. The molecule has 18 heavy (non-hydrogen) atoms. The van der Waals surface area contributed by atoms with E-state index in [4.69, 9.17) is 5.73 Å². The molecule has 1 heterocycles. The smallest absolute Gasteiger partial charge is 0.288 e. The molecule has 94 valence electrons. The van der Waals surface area contributed by atoms with Crippen LogP contribution < -0.4 is 5.73 Å². The van der Waals surface area contributed by atoms with Gasteiger partial charge in [0.2, 0.25) is 0 Å². The number of benzene rings is 1. The summed E-state index contributed by atoms with van der Waals surface area (Å²) in [5.74, 6) is -2.40. The molecule has 0 saturated carbocycles. The van der Waals surface area contributed by atoms with Gasteiger partial charge in [-0.3, -0.25) is 4.98 Å². The fourth-order valence-electron chi connectivity index (χ4n) is 1.59. The number of hydrogen-bond acceptors (Lipinski definition) is 3. The minimum Gasteiger partial charge on any atom is -0.397 e. The van der Waals surface area contributed by atoms with E-state index < -0.39 is 5.76 Å². The van der Waals surface area contributed by atoms with Crippen LogP contribution in [-0.2, 0) is 0 Å². The average molecular weight is 266 g/mol. The molecule has 0 amide bonds. The predicted octanol–water partition coefficient (Wildman–Crippen LogP) is 3.95. The Kier molecular flexibility index (Phi) is 3.81. The maximum Gasteiger partial charge on any atom is 0.288 e. The van der Waals surface area contributed by atoms with Crippen molar-refractivity contribution in [2.45, 2.75) is 17.6 Å². The van der Waals surface area contributed by atoms with Crippen molar-refractivity contribution in [2.75, 3.05) is 5.73 Å². The van der Waals surface area contributed by atoms with Crippen molar-refractivity contribution < 1.29 is 8.78 Å². The van der Waals surface area contributed by atoms with E-state index in [2.05, 4.69) is 4.98 Å². The number of alkyl halides is 2. The third kappa shape index (κ3) is 2.79. The summed E-state index contributed by atoms with van der Waals surface area (Å²) < 4.78 is 24.4. The van der Waals surface area contributed by atoms with E-state index >= 15 is 0 Å². The van der Waals surface area contributed by atoms with Gasteiger partial charge >= 0.3 is 0 Å². The number of thioether (sulfide) groups is 1. The first kappa shape index (κ1) is 12.8. The van der Waals surface area contributed by atoms with Crippen LogP contribution >= 0.6 is 11.8 Å². The molecule has 0 spiro atoms. The van der Waals surface area contributed by atoms with Crippen LogP contribution in [0.4, 0.5) is 14.5 Å². The summed E-state index contributed by atoms with van der Waals surface area (Å²) in [6.07, 6.45) is 1.68. The first-order valence-electron chi connectivity index (χ1n) is 5.34. The van der Waals surface area contributed by atoms with Crippen LogP contribution in [0.25, 0.3) is 11.3 Å². The van der Waals surface area contributed by atoms with Crippen molar-refractivity contribution in [2.24, 2.45) is 0 Å². The monoisotopic (exact) mass is 266 g/mol. The topological polar surface area (TPSA) is 38.9 Å². The number of anilines is 1. The summed E-state index contributed by atoms with van der Waals surface area (Å²) in [4.78, 5) is 4.75. The molecule has 1 aromatic carbocycles. The number of pyridine rings is 1. The van der Waals surface area contributed by atoms with Gasteiger partial charge in [-0.15, -0.1) is 0 Å². The molecule has 0 unspecified atom stereocenters. The molecule has 0 radical (unpaired) electrons. The maximum atomic E-state index is 12.2. The fourth-order valence-corrected chi connectivity index (χ4v) is 2.09. The molecule has 0 aliphatic heterocycles. The van der Waals surface area contributed by atoms with Gasteiger partial charge in [-0.2, -0.15) is 8.78 Å². The molecule has 2 aromatic rings.